The summed E-state index contributed by atoms with van der Waals surface area (Å²) in [6.45, 7) is 0.173. The number of nitrogens with two attached hydrogens (primary N) is 2. The molecule has 1 aromatic carbocycles. The molecule has 0 heterocycles. The second-order valence-corrected chi connectivity index (χ2v) is 5.19. The van der Waals surface area contributed by atoms with Crippen LogP contribution < -0.4 is 16.2 Å². The second-order valence-electron chi connectivity index (χ2n) is 3.63. The first kappa shape index (κ1) is 15.3. The Morgan fingerprint density at radius 1 is 1.42 bits per heavy atom. The molecule has 0 aromatic heterocycles. The van der Waals surface area contributed by atoms with Crippen LogP contribution in [-0.4, -0.2) is 34.1 Å². The number of anilines is 1. The zero-order chi connectivity index (χ0) is 14.5. The predicted octanol–water partition coefficient (Wildman–Crippen LogP) is -0.613. The number of primary sulfonamides is 1. The number of sulfonamides is 1. The van der Waals surface area contributed by atoms with Crippen molar-refractivity contribution >= 4 is 21.6 Å². The van der Waals surface area contributed by atoms with Crippen molar-refractivity contribution < 1.29 is 22.3 Å². The summed E-state index contributed by atoms with van der Waals surface area (Å²) >= 11 is 0. The van der Waals surface area contributed by atoms with Crippen LogP contribution in [0.25, 0.3) is 0 Å². The minimum absolute atomic E-state index is 0.107. The number of nitrogens with one attached hydrogen (secondary N) is 1. The van der Waals surface area contributed by atoms with Crippen molar-refractivity contribution in [1.82, 2.24) is 0 Å². The highest BCUT2D eigenvalue weighted by atomic mass is 32.2. The van der Waals surface area contributed by atoms with Gasteiger partial charge in [-0.1, -0.05) is 0 Å². The minimum Gasteiger partial charge on any atom is -0.380 e. The molecule has 19 heavy (non-hydrogen) atoms. The SMILES string of the molecule is NC(=O)COCCNc1ccc(S(N)(=O)=O)cc1F. The van der Waals surface area contributed by atoms with Crippen LogP contribution in [-0.2, 0) is 19.6 Å². The summed E-state index contributed by atoms with van der Waals surface area (Å²) in [5.41, 5.74) is 4.96. The van der Waals surface area contributed by atoms with Gasteiger partial charge in [-0.25, -0.2) is 17.9 Å². The Balaban J connectivity index is 2.54. The van der Waals surface area contributed by atoms with Gasteiger partial charge in [-0.15, -0.1) is 0 Å². The van der Waals surface area contributed by atoms with Crippen LogP contribution >= 0.6 is 0 Å². The van der Waals surface area contributed by atoms with Gasteiger partial charge in [0.05, 0.1) is 17.2 Å². The maximum Gasteiger partial charge on any atom is 0.243 e. The number of carbonyl (C=O) groups is 1. The first-order valence-electron chi connectivity index (χ1n) is 5.23. The Hall–Kier alpha value is -1.71. The molecule has 1 aromatic rings. The lowest BCUT2D eigenvalue weighted by Crippen LogP contribution is -2.20. The second kappa shape index (κ2) is 6.45. The number of benzene rings is 1. The van der Waals surface area contributed by atoms with E-state index in [1.165, 1.54) is 12.1 Å². The van der Waals surface area contributed by atoms with Crippen molar-refractivity contribution in [1.29, 1.82) is 0 Å². The summed E-state index contributed by atoms with van der Waals surface area (Å²) in [4.78, 5) is 10.1. The average molecular weight is 291 g/mol. The smallest absolute Gasteiger partial charge is 0.243 e. The van der Waals surface area contributed by atoms with Crippen molar-refractivity contribution in [2.45, 2.75) is 4.90 Å². The molecule has 5 N–H and O–H groups in total. The van der Waals surface area contributed by atoms with Gasteiger partial charge in [0.1, 0.15) is 12.4 Å². The van der Waals surface area contributed by atoms with Crippen LogP contribution in [0.15, 0.2) is 23.1 Å². The van der Waals surface area contributed by atoms with E-state index in [0.717, 1.165) is 6.07 Å². The number of hydrogen-bond acceptors (Lipinski definition) is 5. The average Bonchev–Trinajstić information content (AvgIpc) is 2.28. The summed E-state index contributed by atoms with van der Waals surface area (Å²) < 4.78 is 40.4. The van der Waals surface area contributed by atoms with Gasteiger partial charge in [0.25, 0.3) is 0 Å². The summed E-state index contributed by atoms with van der Waals surface area (Å²) in [6.07, 6.45) is 0. The summed E-state index contributed by atoms with van der Waals surface area (Å²) in [7, 11) is -3.92. The molecule has 7 nitrogen and oxygen atoms in total. The van der Waals surface area contributed by atoms with E-state index in [1.807, 2.05) is 0 Å². The Morgan fingerprint density at radius 2 is 2.11 bits per heavy atom. The largest absolute Gasteiger partial charge is 0.380 e. The first-order chi connectivity index (χ1) is 8.80. The van der Waals surface area contributed by atoms with Gasteiger partial charge in [-0.2, -0.15) is 0 Å². The molecule has 1 amide bonds. The summed E-state index contributed by atoms with van der Waals surface area (Å²) in [6, 6.07) is 3.26. The van der Waals surface area contributed by atoms with Crippen molar-refractivity contribution in [3.63, 3.8) is 0 Å². The Labute approximate surface area is 109 Å². The van der Waals surface area contributed by atoms with E-state index in [2.05, 4.69) is 5.32 Å². The maximum absolute atomic E-state index is 13.5. The molecule has 0 aliphatic rings. The molecule has 0 aliphatic carbocycles. The van der Waals surface area contributed by atoms with E-state index >= 15 is 0 Å². The molecule has 1 rings (SSSR count). The van der Waals surface area contributed by atoms with Gasteiger partial charge in [0, 0.05) is 6.54 Å². The maximum atomic E-state index is 13.5. The van der Waals surface area contributed by atoms with Crippen LogP contribution in [0.2, 0.25) is 0 Å². The standard InChI is InChI=1S/C10H14FN3O4S/c11-8-5-7(19(13,16)17)1-2-9(8)14-3-4-18-6-10(12)15/h1-2,5,14H,3-4,6H2,(H2,12,15)(H2,13,16,17). The Morgan fingerprint density at radius 3 is 2.63 bits per heavy atom. The number of hydrogen-bond donors (Lipinski definition) is 3. The molecule has 0 saturated carbocycles. The van der Waals surface area contributed by atoms with E-state index in [-0.39, 0.29) is 30.3 Å². The molecule has 0 saturated heterocycles. The van der Waals surface area contributed by atoms with Crippen molar-refractivity contribution in [2.24, 2.45) is 10.9 Å². The fourth-order valence-corrected chi connectivity index (χ4v) is 1.77. The molecule has 0 spiro atoms. The van der Waals surface area contributed by atoms with Crippen molar-refractivity contribution in [3.05, 3.63) is 24.0 Å². The number of carbonyl (C=O) groups excluding carboxylic acids is 1. The van der Waals surface area contributed by atoms with Gasteiger partial charge < -0.3 is 15.8 Å². The predicted molar refractivity (Wildman–Crippen MR) is 66.3 cm³/mol. The normalized spacial score (nSPS) is 11.3. The van der Waals surface area contributed by atoms with Crippen molar-refractivity contribution in [3.8, 4) is 0 Å². The topological polar surface area (TPSA) is 125 Å². The first-order valence-corrected chi connectivity index (χ1v) is 6.77. The van der Waals surface area contributed by atoms with E-state index in [1.54, 1.807) is 0 Å². The zero-order valence-electron chi connectivity index (χ0n) is 9.93. The molecule has 0 aliphatic heterocycles. The van der Waals surface area contributed by atoms with Crippen LogP contribution in [0.3, 0.4) is 0 Å². The summed E-state index contributed by atoms with van der Waals surface area (Å²) in [5, 5.41) is 7.54. The molecule has 0 radical (unpaired) electrons. The highest BCUT2D eigenvalue weighted by Crippen LogP contribution is 2.17. The van der Waals surface area contributed by atoms with Crippen molar-refractivity contribution in [2.75, 3.05) is 25.1 Å². The lowest BCUT2D eigenvalue weighted by atomic mass is 10.3. The lowest BCUT2D eigenvalue weighted by Gasteiger charge is -2.08. The number of halogens is 1. The Kier molecular flexibility index (Phi) is 5.21. The van der Waals surface area contributed by atoms with Gasteiger partial charge in [-0.05, 0) is 18.2 Å². The number of ether oxygens (including phenoxy) is 1. The van der Waals surface area contributed by atoms with Crippen LogP contribution in [0, 0.1) is 5.82 Å². The monoisotopic (exact) mass is 291 g/mol. The van der Waals surface area contributed by atoms with E-state index in [4.69, 9.17) is 15.6 Å². The minimum atomic E-state index is -3.92. The van der Waals surface area contributed by atoms with Gasteiger partial charge in [0.15, 0.2) is 0 Å². The van der Waals surface area contributed by atoms with Gasteiger partial charge >= 0.3 is 0 Å². The third-order valence-corrected chi connectivity index (χ3v) is 2.99. The molecule has 9 heteroatoms. The third kappa shape index (κ3) is 5.20. The van der Waals surface area contributed by atoms with Crippen LogP contribution in [0.5, 0.6) is 0 Å². The number of primary amides is 1. The van der Waals surface area contributed by atoms with Gasteiger partial charge in [-0.3, -0.25) is 4.79 Å². The number of rotatable bonds is 7. The molecule has 0 bridgehead atoms. The third-order valence-electron chi connectivity index (χ3n) is 2.08. The quantitative estimate of drug-likeness (QED) is 0.578. The van der Waals surface area contributed by atoms with E-state index in [0.29, 0.717) is 0 Å². The fraction of sp³-hybridized carbons (Fsp3) is 0.300. The number of amides is 1. The summed E-state index contributed by atoms with van der Waals surface area (Å²) in [5.74, 6) is -1.34. The highest BCUT2D eigenvalue weighted by Gasteiger charge is 2.11. The molecule has 0 fully saturated rings. The van der Waals surface area contributed by atoms with Crippen LogP contribution in [0.1, 0.15) is 0 Å². The Bertz CT molecular complexity index is 562. The molecule has 106 valence electrons. The zero-order valence-corrected chi connectivity index (χ0v) is 10.7. The molecular weight excluding hydrogens is 277 g/mol. The molecule has 0 atom stereocenters. The van der Waals surface area contributed by atoms with E-state index in [9.17, 15) is 17.6 Å². The van der Waals surface area contributed by atoms with Gasteiger partial charge in [0.2, 0.25) is 15.9 Å². The molecular formula is C10H14FN3O4S. The highest BCUT2D eigenvalue weighted by molar-refractivity contribution is 7.89. The molecule has 0 unspecified atom stereocenters. The lowest BCUT2D eigenvalue weighted by molar-refractivity contribution is -0.122. The van der Waals surface area contributed by atoms with Crippen LogP contribution in [0.4, 0.5) is 10.1 Å². The fourth-order valence-electron chi connectivity index (χ4n) is 1.25. The van der Waals surface area contributed by atoms with E-state index < -0.39 is 21.7 Å².